The second kappa shape index (κ2) is 3.92. The number of nitrogens with two attached hydrogens (primary N) is 1. The van der Waals surface area contributed by atoms with Crippen LogP contribution in [0.2, 0.25) is 0 Å². The second-order valence-corrected chi connectivity index (χ2v) is 4.82. The first-order chi connectivity index (χ1) is 7.84. The predicted molar refractivity (Wildman–Crippen MR) is 66.9 cm³/mol. The Balaban J connectivity index is 1.93. The molecule has 0 amide bonds. The third kappa shape index (κ3) is 1.62. The van der Waals surface area contributed by atoms with Crippen molar-refractivity contribution in [2.75, 3.05) is 24.3 Å². The number of anilines is 2. The lowest BCUT2D eigenvalue weighted by molar-refractivity contribution is 0.195. The topological polar surface area (TPSA) is 60.2 Å². The fourth-order valence-electron chi connectivity index (χ4n) is 1.95. The van der Waals surface area contributed by atoms with Crippen molar-refractivity contribution in [3.05, 3.63) is 17.6 Å². The number of nitrogens with zero attached hydrogens (tertiary/aromatic N) is 1. The van der Waals surface area contributed by atoms with Crippen molar-refractivity contribution in [2.45, 2.75) is 12.5 Å². The van der Waals surface area contributed by atoms with Crippen LogP contribution >= 0.6 is 11.3 Å². The molecule has 84 valence electrons. The fraction of sp³-hybridized carbons (Fsp3) is 0.364. The van der Waals surface area contributed by atoms with E-state index in [0.29, 0.717) is 6.04 Å². The normalized spacial score (nSPS) is 20.4. The molecule has 0 bridgehead atoms. The fourth-order valence-corrected chi connectivity index (χ4v) is 2.64. The Hall–Kier alpha value is -1.33. The van der Waals surface area contributed by atoms with Crippen molar-refractivity contribution in [1.82, 2.24) is 4.98 Å². The maximum absolute atomic E-state index is 6.08. The Morgan fingerprint density at radius 3 is 3.25 bits per heavy atom. The number of nitrogens with one attached hydrogen (secondary N) is 1. The number of thiazole rings is 1. The quantitative estimate of drug-likeness (QED) is 0.782. The van der Waals surface area contributed by atoms with Crippen LogP contribution in [0.5, 0.6) is 0 Å². The van der Waals surface area contributed by atoms with Gasteiger partial charge in [0.15, 0.2) is 0 Å². The van der Waals surface area contributed by atoms with Gasteiger partial charge in [0.25, 0.3) is 0 Å². The molecule has 0 saturated carbocycles. The van der Waals surface area contributed by atoms with Gasteiger partial charge in [-0.3, -0.25) is 0 Å². The number of fused-ring (bicyclic) bond motifs is 1. The van der Waals surface area contributed by atoms with Crippen LogP contribution in [0.1, 0.15) is 6.42 Å². The van der Waals surface area contributed by atoms with Crippen LogP contribution in [0.25, 0.3) is 10.2 Å². The minimum absolute atomic E-state index is 0.374. The van der Waals surface area contributed by atoms with Gasteiger partial charge in [-0.1, -0.05) is 0 Å². The van der Waals surface area contributed by atoms with Gasteiger partial charge in [0, 0.05) is 6.61 Å². The average molecular weight is 235 g/mol. The maximum Gasteiger partial charge on any atom is 0.106 e. The van der Waals surface area contributed by atoms with Crippen LogP contribution < -0.4 is 11.1 Å². The van der Waals surface area contributed by atoms with Crippen LogP contribution in [0, 0.1) is 0 Å². The van der Waals surface area contributed by atoms with Gasteiger partial charge in [0.05, 0.1) is 34.2 Å². The molecule has 1 aliphatic rings. The van der Waals surface area contributed by atoms with E-state index < -0.39 is 0 Å². The molecule has 1 unspecified atom stereocenters. The van der Waals surface area contributed by atoms with Crippen LogP contribution in [-0.4, -0.2) is 24.2 Å². The molecule has 1 fully saturated rings. The van der Waals surface area contributed by atoms with E-state index >= 15 is 0 Å². The van der Waals surface area contributed by atoms with Crippen LogP contribution in [-0.2, 0) is 4.74 Å². The molecule has 0 aliphatic carbocycles. The van der Waals surface area contributed by atoms with E-state index in [1.807, 2.05) is 11.6 Å². The van der Waals surface area contributed by atoms with Crippen molar-refractivity contribution >= 4 is 32.9 Å². The molecule has 1 saturated heterocycles. The largest absolute Gasteiger partial charge is 0.395 e. The van der Waals surface area contributed by atoms with E-state index in [2.05, 4.69) is 16.4 Å². The van der Waals surface area contributed by atoms with Crippen molar-refractivity contribution < 1.29 is 4.74 Å². The Labute approximate surface area is 97.4 Å². The third-order valence-corrected chi connectivity index (χ3v) is 3.63. The molecule has 3 N–H and O–H groups in total. The molecule has 5 heteroatoms. The number of nitrogen functional groups attached to an aromatic ring is 1. The maximum atomic E-state index is 6.08. The van der Waals surface area contributed by atoms with Crippen LogP contribution in [0.15, 0.2) is 17.6 Å². The first-order valence-corrected chi connectivity index (χ1v) is 6.18. The summed E-state index contributed by atoms with van der Waals surface area (Å²) >= 11 is 1.61. The number of hydrogen-bond donors (Lipinski definition) is 2. The molecule has 16 heavy (non-hydrogen) atoms. The molecule has 1 aromatic carbocycles. The minimum atomic E-state index is 0.374. The summed E-state index contributed by atoms with van der Waals surface area (Å²) in [6.45, 7) is 1.59. The number of hydrogen-bond acceptors (Lipinski definition) is 5. The Kier molecular flexibility index (Phi) is 2.41. The lowest BCUT2D eigenvalue weighted by atomic mass is 10.2. The lowest BCUT2D eigenvalue weighted by Gasteiger charge is -2.14. The van der Waals surface area contributed by atoms with Crippen molar-refractivity contribution in [2.24, 2.45) is 0 Å². The van der Waals surface area contributed by atoms with E-state index in [1.54, 1.807) is 11.3 Å². The number of rotatable bonds is 2. The summed E-state index contributed by atoms with van der Waals surface area (Å²) in [4.78, 5) is 4.28. The monoisotopic (exact) mass is 235 g/mol. The van der Waals surface area contributed by atoms with E-state index in [9.17, 15) is 0 Å². The zero-order valence-electron chi connectivity index (χ0n) is 8.77. The first kappa shape index (κ1) is 9.86. The highest BCUT2D eigenvalue weighted by Crippen LogP contribution is 2.30. The summed E-state index contributed by atoms with van der Waals surface area (Å²) in [5.74, 6) is 0. The van der Waals surface area contributed by atoms with Gasteiger partial charge in [0.2, 0.25) is 0 Å². The third-order valence-electron chi connectivity index (χ3n) is 2.83. The van der Waals surface area contributed by atoms with E-state index in [-0.39, 0.29) is 0 Å². The predicted octanol–water partition coefficient (Wildman–Crippen LogP) is 2.08. The van der Waals surface area contributed by atoms with Crippen molar-refractivity contribution in [3.63, 3.8) is 0 Å². The smallest absolute Gasteiger partial charge is 0.106 e. The van der Waals surface area contributed by atoms with Gasteiger partial charge in [-0.2, -0.15) is 0 Å². The standard InChI is InChI=1S/C11H13N3OS/c12-10-8(14-7-3-4-15-5-7)1-2-9-11(10)13-6-16-9/h1-2,6-7,14H,3-5,12H2. The molecule has 1 aliphatic heterocycles. The Morgan fingerprint density at radius 1 is 1.50 bits per heavy atom. The molecular weight excluding hydrogens is 222 g/mol. The zero-order chi connectivity index (χ0) is 11.0. The molecule has 1 aromatic heterocycles. The van der Waals surface area contributed by atoms with Crippen molar-refractivity contribution in [1.29, 1.82) is 0 Å². The highest BCUT2D eigenvalue weighted by Gasteiger charge is 2.17. The Bertz CT molecular complexity index is 505. The molecule has 0 radical (unpaired) electrons. The summed E-state index contributed by atoms with van der Waals surface area (Å²) in [5, 5.41) is 3.41. The summed E-state index contributed by atoms with van der Waals surface area (Å²) < 4.78 is 6.46. The van der Waals surface area contributed by atoms with Crippen LogP contribution in [0.3, 0.4) is 0 Å². The zero-order valence-corrected chi connectivity index (χ0v) is 9.59. The van der Waals surface area contributed by atoms with Crippen molar-refractivity contribution in [3.8, 4) is 0 Å². The van der Waals surface area contributed by atoms with Gasteiger partial charge >= 0.3 is 0 Å². The van der Waals surface area contributed by atoms with Gasteiger partial charge in [-0.05, 0) is 18.6 Å². The molecular formula is C11H13N3OS. The minimum Gasteiger partial charge on any atom is -0.395 e. The van der Waals surface area contributed by atoms with Gasteiger partial charge in [-0.15, -0.1) is 11.3 Å². The summed E-state index contributed by atoms with van der Waals surface area (Å²) in [6, 6.07) is 4.45. The summed E-state index contributed by atoms with van der Waals surface area (Å²) in [6.07, 6.45) is 1.04. The average Bonchev–Trinajstić information content (AvgIpc) is 2.93. The number of benzene rings is 1. The molecule has 2 aromatic rings. The number of aromatic nitrogens is 1. The first-order valence-electron chi connectivity index (χ1n) is 5.30. The SMILES string of the molecule is Nc1c(NC2CCOC2)ccc2scnc12. The second-order valence-electron chi connectivity index (χ2n) is 3.93. The Morgan fingerprint density at radius 2 is 2.44 bits per heavy atom. The number of ether oxygens (including phenoxy) is 1. The van der Waals surface area contributed by atoms with Gasteiger partial charge < -0.3 is 15.8 Å². The van der Waals surface area contributed by atoms with E-state index in [0.717, 1.165) is 41.2 Å². The molecule has 0 spiro atoms. The van der Waals surface area contributed by atoms with Gasteiger partial charge in [-0.25, -0.2) is 4.98 Å². The summed E-state index contributed by atoms with van der Waals surface area (Å²) in [5.41, 5.74) is 10.5. The molecule has 4 nitrogen and oxygen atoms in total. The molecule has 2 heterocycles. The van der Waals surface area contributed by atoms with Gasteiger partial charge in [0.1, 0.15) is 5.52 Å². The highest BCUT2D eigenvalue weighted by molar-refractivity contribution is 7.16. The molecule has 3 rings (SSSR count). The summed E-state index contributed by atoms with van der Waals surface area (Å²) in [7, 11) is 0. The van der Waals surface area contributed by atoms with E-state index in [1.165, 1.54) is 0 Å². The highest BCUT2D eigenvalue weighted by atomic mass is 32.1. The van der Waals surface area contributed by atoms with E-state index in [4.69, 9.17) is 10.5 Å². The van der Waals surface area contributed by atoms with Crippen LogP contribution in [0.4, 0.5) is 11.4 Å². The lowest BCUT2D eigenvalue weighted by Crippen LogP contribution is -2.19. The molecule has 1 atom stereocenters.